The molecule has 0 radical (unpaired) electrons. The van der Waals surface area contributed by atoms with E-state index in [4.69, 9.17) is 10.8 Å². The van der Waals surface area contributed by atoms with Crippen LogP contribution in [0, 0.1) is 5.92 Å². The van der Waals surface area contributed by atoms with Gasteiger partial charge in [-0.15, -0.1) is 0 Å². The van der Waals surface area contributed by atoms with Crippen LogP contribution in [0.15, 0.2) is 54.6 Å². The van der Waals surface area contributed by atoms with E-state index >= 15 is 0 Å². The van der Waals surface area contributed by atoms with Crippen molar-refractivity contribution in [2.75, 3.05) is 18.8 Å². The summed E-state index contributed by atoms with van der Waals surface area (Å²) in [4.78, 5) is 2.57. The van der Waals surface area contributed by atoms with Gasteiger partial charge in [-0.25, -0.2) is 0 Å². The molecule has 3 rings (SSSR count). The minimum absolute atomic E-state index is 0.213. The number of anilines is 1. The van der Waals surface area contributed by atoms with E-state index < -0.39 is 0 Å². The van der Waals surface area contributed by atoms with Crippen molar-refractivity contribution in [2.24, 2.45) is 5.92 Å². The molecule has 1 aliphatic heterocycles. The molecule has 22 heavy (non-hydrogen) atoms. The van der Waals surface area contributed by atoms with Gasteiger partial charge < -0.3 is 10.8 Å². The van der Waals surface area contributed by atoms with Gasteiger partial charge in [-0.3, -0.25) is 4.90 Å². The topological polar surface area (TPSA) is 49.5 Å². The zero-order chi connectivity index (χ0) is 15.8. The highest BCUT2D eigenvalue weighted by Gasteiger charge is 2.15. The second kappa shape index (κ2) is 8.44. The van der Waals surface area contributed by atoms with Crippen LogP contribution in [0.1, 0.15) is 25.3 Å². The van der Waals surface area contributed by atoms with Crippen molar-refractivity contribution >= 4 is 5.69 Å². The molecule has 1 saturated heterocycles. The van der Waals surface area contributed by atoms with Gasteiger partial charge in [0.1, 0.15) is 5.75 Å². The Morgan fingerprint density at radius 1 is 1.14 bits per heavy atom. The lowest BCUT2D eigenvalue weighted by atomic mass is 10.00. The number of piperidine rings is 1. The standard InChI is InChI=1S/C13H19N.C6H7NO/c1-12-6-5-9-14(10-12)11-13-7-3-2-4-8-13;7-5-2-1-3-6(8)4-5/h2-4,7-8,12H,5-6,9-11H2,1H3;1-4,8H,7H2/t12-;/m0./s1. The highest BCUT2D eigenvalue weighted by Crippen LogP contribution is 2.17. The van der Waals surface area contributed by atoms with E-state index in [1.54, 1.807) is 18.2 Å². The first-order valence-corrected chi connectivity index (χ1v) is 7.94. The molecule has 0 spiro atoms. The lowest BCUT2D eigenvalue weighted by Gasteiger charge is -2.30. The smallest absolute Gasteiger partial charge is 0.117 e. The van der Waals surface area contributed by atoms with Crippen LogP contribution in [0.25, 0.3) is 0 Å². The molecule has 1 fully saturated rings. The van der Waals surface area contributed by atoms with Gasteiger partial charge in [0.15, 0.2) is 0 Å². The van der Waals surface area contributed by atoms with Crippen molar-refractivity contribution in [1.82, 2.24) is 4.90 Å². The van der Waals surface area contributed by atoms with Crippen LogP contribution in [-0.2, 0) is 6.54 Å². The number of nitrogen functional groups attached to an aromatic ring is 1. The number of phenols is 1. The first-order chi connectivity index (χ1) is 10.6. The maximum absolute atomic E-state index is 8.73. The summed E-state index contributed by atoms with van der Waals surface area (Å²) >= 11 is 0. The number of phenolic OH excluding ortho intramolecular Hbond substituents is 1. The largest absolute Gasteiger partial charge is 0.508 e. The molecule has 3 nitrogen and oxygen atoms in total. The number of nitrogens with two attached hydrogens (primary N) is 1. The minimum atomic E-state index is 0.213. The maximum atomic E-state index is 8.73. The van der Waals surface area contributed by atoms with E-state index in [0.717, 1.165) is 12.5 Å². The molecule has 1 aliphatic rings. The van der Waals surface area contributed by atoms with Crippen molar-refractivity contribution in [3.05, 3.63) is 60.2 Å². The number of benzene rings is 2. The van der Waals surface area contributed by atoms with Crippen molar-refractivity contribution in [1.29, 1.82) is 0 Å². The molecule has 0 unspecified atom stereocenters. The second-order valence-electron chi connectivity index (χ2n) is 6.06. The number of aromatic hydroxyl groups is 1. The Morgan fingerprint density at radius 3 is 2.50 bits per heavy atom. The highest BCUT2D eigenvalue weighted by molar-refractivity contribution is 5.42. The van der Waals surface area contributed by atoms with Crippen LogP contribution in [0.4, 0.5) is 5.69 Å². The van der Waals surface area contributed by atoms with Crippen LogP contribution >= 0.6 is 0 Å². The Balaban J connectivity index is 0.000000188. The number of likely N-dealkylation sites (tertiary alicyclic amines) is 1. The average Bonchev–Trinajstić information content (AvgIpc) is 2.49. The van der Waals surface area contributed by atoms with Gasteiger partial charge in [0.2, 0.25) is 0 Å². The normalized spacial score (nSPS) is 18.3. The van der Waals surface area contributed by atoms with Crippen LogP contribution in [0.2, 0.25) is 0 Å². The van der Waals surface area contributed by atoms with E-state index in [2.05, 4.69) is 42.2 Å². The van der Waals surface area contributed by atoms with Crippen molar-refractivity contribution < 1.29 is 5.11 Å². The van der Waals surface area contributed by atoms with Crippen LogP contribution in [0.3, 0.4) is 0 Å². The third-order valence-corrected chi connectivity index (χ3v) is 3.86. The van der Waals surface area contributed by atoms with Gasteiger partial charge in [-0.2, -0.15) is 0 Å². The van der Waals surface area contributed by atoms with E-state index in [9.17, 15) is 0 Å². The summed E-state index contributed by atoms with van der Waals surface area (Å²) in [6.45, 7) is 6.04. The summed E-state index contributed by atoms with van der Waals surface area (Å²) in [5.41, 5.74) is 7.33. The number of hydrogen-bond acceptors (Lipinski definition) is 3. The molecule has 3 heteroatoms. The van der Waals surface area contributed by atoms with Crippen LogP contribution < -0.4 is 5.73 Å². The van der Waals surface area contributed by atoms with E-state index in [1.807, 2.05) is 0 Å². The molecular formula is C19H26N2O. The molecule has 3 N–H and O–H groups in total. The minimum Gasteiger partial charge on any atom is -0.508 e. The Bertz CT molecular complexity index is 539. The predicted octanol–water partition coefficient (Wildman–Crippen LogP) is 3.89. The summed E-state index contributed by atoms with van der Waals surface area (Å²) in [5.74, 6) is 1.09. The van der Waals surface area contributed by atoms with E-state index in [-0.39, 0.29) is 5.75 Å². The fourth-order valence-corrected chi connectivity index (χ4v) is 2.80. The first-order valence-electron chi connectivity index (χ1n) is 7.94. The van der Waals surface area contributed by atoms with Gasteiger partial charge in [0.05, 0.1) is 0 Å². The van der Waals surface area contributed by atoms with Crippen LogP contribution in [0.5, 0.6) is 5.75 Å². The Kier molecular flexibility index (Phi) is 6.28. The average molecular weight is 298 g/mol. The quantitative estimate of drug-likeness (QED) is 0.827. The first kappa shape index (κ1) is 16.4. The van der Waals surface area contributed by atoms with Crippen molar-refractivity contribution in [3.63, 3.8) is 0 Å². The highest BCUT2D eigenvalue weighted by atomic mass is 16.3. The maximum Gasteiger partial charge on any atom is 0.117 e. The predicted molar refractivity (Wildman–Crippen MR) is 92.6 cm³/mol. The molecule has 1 heterocycles. The van der Waals surface area contributed by atoms with Gasteiger partial charge in [0.25, 0.3) is 0 Å². The number of nitrogens with zero attached hydrogens (tertiary/aromatic N) is 1. The summed E-state index contributed by atoms with van der Waals surface area (Å²) in [6, 6.07) is 17.3. The van der Waals surface area contributed by atoms with E-state index in [1.165, 1.54) is 37.6 Å². The molecule has 0 aromatic heterocycles. The van der Waals surface area contributed by atoms with Gasteiger partial charge in [-0.1, -0.05) is 43.3 Å². The summed E-state index contributed by atoms with van der Waals surface area (Å²) in [6.07, 6.45) is 2.78. The SMILES string of the molecule is C[C@H]1CCCN(Cc2ccccc2)C1.Nc1cccc(O)c1. The summed E-state index contributed by atoms with van der Waals surface area (Å²) in [7, 11) is 0. The van der Waals surface area contributed by atoms with Crippen molar-refractivity contribution in [2.45, 2.75) is 26.3 Å². The number of rotatable bonds is 2. The molecule has 118 valence electrons. The Labute approximate surface area is 133 Å². The summed E-state index contributed by atoms with van der Waals surface area (Å²) < 4.78 is 0. The lowest BCUT2D eigenvalue weighted by Crippen LogP contribution is -2.33. The molecule has 2 aromatic rings. The van der Waals surface area contributed by atoms with Gasteiger partial charge >= 0.3 is 0 Å². The fourth-order valence-electron chi connectivity index (χ4n) is 2.80. The molecule has 0 aliphatic carbocycles. The Hall–Kier alpha value is -2.00. The zero-order valence-electron chi connectivity index (χ0n) is 13.3. The number of hydrogen-bond donors (Lipinski definition) is 2. The third-order valence-electron chi connectivity index (χ3n) is 3.86. The second-order valence-corrected chi connectivity index (χ2v) is 6.06. The molecule has 0 amide bonds. The van der Waals surface area contributed by atoms with Gasteiger partial charge in [0, 0.05) is 24.8 Å². The van der Waals surface area contributed by atoms with Crippen LogP contribution in [-0.4, -0.2) is 23.1 Å². The van der Waals surface area contributed by atoms with Crippen molar-refractivity contribution in [3.8, 4) is 5.75 Å². The molecule has 0 bridgehead atoms. The van der Waals surface area contributed by atoms with E-state index in [0.29, 0.717) is 5.69 Å². The molecule has 2 aromatic carbocycles. The summed E-state index contributed by atoms with van der Waals surface area (Å²) in [5, 5.41) is 8.73. The lowest BCUT2D eigenvalue weighted by molar-refractivity contribution is 0.176. The molecule has 1 atom stereocenters. The fraction of sp³-hybridized carbons (Fsp3) is 0.368. The Morgan fingerprint density at radius 2 is 1.91 bits per heavy atom. The zero-order valence-corrected chi connectivity index (χ0v) is 13.3. The third kappa shape index (κ3) is 5.78. The molecule has 0 saturated carbocycles. The molecular weight excluding hydrogens is 272 g/mol. The monoisotopic (exact) mass is 298 g/mol. The van der Waals surface area contributed by atoms with Gasteiger partial charge in [-0.05, 0) is 43.0 Å².